The molecule has 0 bridgehead atoms. The van der Waals surface area contributed by atoms with Crippen LogP contribution in [-0.2, 0) is 4.74 Å². The van der Waals surface area contributed by atoms with E-state index in [-0.39, 0.29) is 6.10 Å². The number of hydrogen-bond donors (Lipinski definition) is 1. The van der Waals surface area contributed by atoms with Crippen LogP contribution >= 0.6 is 0 Å². The van der Waals surface area contributed by atoms with Crippen molar-refractivity contribution in [2.24, 2.45) is 0 Å². The fraction of sp³-hybridized carbons (Fsp3) is 0.375. The lowest BCUT2D eigenvalue weighted by Gasteiger charge is -2.22. The Morgan fingerprint density at radius 1 is 1.25 bits per heavy atom. The van der Waals surface area contributed by atoms with Gasteiger partial charge in [-0.15, -0.1) is 0 Å². The largest absolute Gasteiger partial charge is 0.368 e. The molecule has 2 aromatic rings. The van der Waals surface area contributed by atoms with E-state index in [0.29, 0.717) is 6.61 Å². The van der Waals surface area contributed by atoms with Gasteiger partial charge < -0.3 is 10.1 Å². The van der Waals surface area contributed by atoms with Crippen molar-refractivity contribution in [3.8, 4) is 11.3 Å². The number of hydrogen-bond acceptors (Lipinski definition) is 4. The highest BCUT2D eigenvalue weighted by Crippen LogP contribution is 2.24. The van der Waals surface area contributed by atoms with Crippen LogP contribution in [0.25, 0.3) is 11.3 Å². The monoisotopic (exact) mass is 269 g/mol. The standard InChI is InChI=1S/C16H19N3O/c1-11-3-4-12(2)13(9-11)14-5-6-18-16(19-14)15-10-17-7-8-20-15/h3-6,9,15,17H,7-8,10H2,1-2H3. The molecule has 0 spiro atoms. The summed E-state index contributed by atoms with van der Waals surface area (Å²) in [6, 6.07) is 8.38. The molecule has 1 aromatic carbocycles. The van der Waals surface area contributed by atoms with Gasteiger partial charge in [0.15, 0.2) is 5.82 Å². The van der Waals surface area contributed by atoms with Gasteiger partial charge in [-0.25, -0.2) is 9.97 Å². The number of aromatic nitrogens is 2. The van der Waals surface area contributed by atoms with Crippen molar-refractivity contribution in [2.45, 2.75) is 20.0 Å². The van der Waals surface area contributed by atoms with E-state index in [2.05, 4.69) is 42.3 Å². The van der Waals surface area contributed by atoms with Crippen molar-refractivity contribution in [3.05, 3.63) is 47.4 Å². The van der Waals surface area contributed by atoms with Crippen molar-refractivity contribution in [1.29, 1.82) is 0 Å². The molecule has 1 unspecified atom stereocenters. The average Bonchev–Trinajstić information content (AvgIpc) is 2.51. The Kier molecular flexibility index (Phi) is 3.76. The summed E-state index contributed by atoms with van der Waals surface area (Å²) in [7, 11) is 0. The zero-order valence-electron chi connectivity index (χ0n) is 11.9. The van der Waals surface area contributed by atoms with Gasteiger partial charge in [0.1, 0.15) is 6.10 Å². The van der Waals surface area contributed by atoms with Gasteiger partial charge in [0.2, 0.25) is 0 Å². The van der Waals surface area contributed by atoms with E-state index in [4.69, 9.17) is 9.72 Å². The number of nitrogens with one attached hydrogen (secondary N) is 1. The highest BCUT2D eigenvalue weighted by Gasteiger charge is 2.19. The first-order valence-electron chi connectivity index (χ1n) is 6.97. The van der Waals surface area contributed by atoms with Gasteiger partial charge in [-0.1, -0.05) is 17.7 Å². The minimum absolute atomic E-state index is 0.0474. The highest BCUT2D eigenvalue weighted by molar-refractivity contribution is 5.64. The first kappa shape index (κ1) is 13.2. The molecule has 0 radical (unpaired) electrons. The Balaban J connectivity index is 1.96. The van der Waals surface area contributed by atoms with Gasteiger partial charge in [-0.05, 0) is 31.5 Å². The molecule has 1 saturated heterocycles. The van der Waals surface area contributed by atoms with Crippen LogP contribution in [0.3, 0.4) is 0 Å². The smallest absolute Gasteiger partial charge is 0.159 e. The van der Waals surface area contributed by atoms with Crippen LogP contribution in [0.15, 0.2) is 30.5 Å². The predicted molar refractivity (Wildman–Crippen MR) is 78.5 cm³/mol. The van der Waals surface area contributed by atoms with E-state index in [1.807, 2.05) is 12.3 Å². The molecule has 4 nitrogen and oxygen atoms in total. The number of nitrogens with zero attached hydrogens (tertiary/aromatic N) is 2. The van der Waals surface area contributed by atoms with Gasteiger partial charge in [0.05, 0.1) is 12.3 Å². The molecule has 0 aliphatic carbocycles. The molecule has 1 aliphatic heterocycles. The maximum Gasteiger partial charge on any atom is 0.159 e. The molecule has 20 heavy (non-hydrogen) atoms. The molecule has 1 fully saturated rings. The maximum atomic E-state index is 5.72. The second kappa shape index (κ2) is 5.69. The summed E-state index contributed by atoms with van der Waals surface area (Å²) >= 11 is 0. The van der Waals surface area contributed by atoms with Gasteiger partial charge >= 0.3 is 0 Å². The average molecular weight is 269 g/mol. The second-order valence-electron chi connectivity index (χ2n) is 5.18. The van der Waals surface area contributed by atoms with Gasteiger partial charge in [-0.2, -0.15) is 0 Å². The molecule has 2 heterocycles. The van der Waals surface area contributed by atoms with E-state index >= 15 is 0 Å². The molecule has 0 saturated carbocycles. The molecule has 104 valence electrons. The summed E-state index contributed by atoms with van der Waals surface area (Å²) in [4.78, 5) is 9.06. The summed E-state index contributed by atoms with van der Waals surface area (Å²) in [5.41, 5.74) is 4.59. The lowest BCUT2D eigenvalue weighted by atomic mass is 10.0. The maximum absolute atomic E-state index is 5.72. The molecule has 0 amide bonds. The number of benzene rings is 1. The summed E-state index contributed by atoms with van der Waals surface area (Å²) in [5, 5.41) is 3.31. The molecule has 1 aromatic heterocycles. The van der Waals surface area contributed by atoms with Crippen LogP contribution in [0.2, 0.25) is 0 Å². The van der Waals surface area contributed by atoms with Gasteiger partial charge in [-0.3, -0.25) is 0 Å². The number of ether oxygens (including phenoxy) is 1. The molecule has 1 N–H and O–H groups in total. The Hall–Kier alpha value is -1.78. The molecule has 1 atom stereocenters. The molecule has 4 heteroatoms. The highest BCUT2D eigenvalue weighted by atomic mass is 16.5. The van der Waals surface area contributed by atoms with E-state index in [0.717, 1.165) is 30.2 Å². The lowest BCUT2D eigenvalue weighted by molar-refractivity contribution is 0.0222. The summed E-state index contributed by atoms with van der Waals surface area (Å²) < 4.78 is 5.72. The molecular weight excluding hydrogens is 250 g/mol. The quantitative estimate of drug-likeness (QED) is 0.909. The van der Waals surface area contributed by atoms with Crippen molar-refractivity contribution in [2.75, 3.05) is 19.7 Å². The predicted octanol–water partition coefficient (Wildman–Crippen LogP) is 2.42. The van der Waals surface area contributed by atoms with E-state index in [1.165, 1.54) is 11.1 Å². The van der Waals surface area contributed by atoms with Crippen molar-refractivity contribution in [3.63, 3.8) is 0 Å². The van der Waals surface area contributed by atoms with Crippen molar-refractivity contribution in [1.82, 2.24) is 15.3 Å². The first-order chi connectivity index (χ1) is 9.74. The Labute approximate surface area is 119 Å². The summed E-state index contributed by atoms with van der Waals surface area (Å²) in [5.74, 6) is 0.760. The fourth-order valence-corrected chi connectivity index (χ4v) is 2.42. The topological polar surface area (TPSA) is 47.0 Å². The zero-order valence-corrected chi connectivity index (χ0v) is 11.9. The third kappa shape index (κ3) is 2.71. The first-order valence-corrected chi connectivity index (χ1v) is 6.97. The van der Waals surface area contributed by atoms with Crippen LogP contribution in [-0.4, -0.2) is 29.7 Å². The Morgan fingerprint density at radius 3 is 2.95 bits per heavy atom. The third-order valence-corrected chi connectivity index (χ3v) is 3.56. The van der Waals surface area contributed by atoms with Crippen LogP contribution in [0, 0.1) is 13.8 Å². The van der Waals surface area contributed by atoms with Gasteiger partial charge in [0, 0.05) is 24.8 Å². The van der Waals surface area contributed by atoms with Crippen LogP contribution in [0.4, 0.5) is 0 Å². The van der Waals surface area contributed by atoms with Crippen LogP contribution < -0.4 is 5.32 Å². The van der Waals surface area contributed by atoms with E-state index < -0.39 is 0 Å². The zero-order chi connectivity index (χ0) is 13.9. The minimum Gasteiger partial charge on any atom is -0.368 e. The fourth-order valence-electron chi connectivity index (χ4n) is 2.42. The second-order valence-corrected chi connectivity index (χ2v) is 5.18. The Morgan fingerprint density at radius 2 is 2.15 bits per heavy atom. The number of morpholine rings is 1. The minimum atomic E-state index is -0.0474. The number of rotatable bonds is 2. The molecular formula is C16H19N3O. The summed E-state index contributed by atoms with van der Waals surface area (Å²) in [6.07, 6.45) is 1.77. The van der Waals surface area contributed by atoms with Crippen molar-refractivity contribution >= 4 is 0 Å². The van der Waals surface area contributed by atoms with Crippen LogP contribution in [0.5, 0.6) is 0 Å². The van der Waals surface area contributed by atoms with Gasteiger partial charge in [0.25, 0.3) is 0 Å². The lowest BCUT2D eigenvalue weighted by Crippen LogP contribution is -2.34. The van der Waals surface area contributed by atoms with Crippen molar-refractivity contribution < 1.29 is 4.74 Å². The van der Waals surface area contributed by atoms with E-state index in [9.17, 15) is 0 Å². The SMILES string of the molecule is Cc1ccc(C)c(-c2ccnc(C3CNCCO3)n2)c1. The summed E-state index contributed by atoms with van der Waals surface area (Å²) in [6.45, 7) is 6.58. The Bertz CT molecular complexity index is 606. The number of aryl methyl sites for hydroxylation is 2. The normalized spacial score (nSPS) is 19.0. The van der Waals surface area contributed by atoms with E-state index in [1.54, 1.807) is 0 Å². The molecule has 3 rings (SSSR count). The molecule has 1 aliphatic rings. The van der Waals surface area contributed by atoms with Crippen LogP contribution in [0.1, 0.15) is 23.1 Å². The third-order valence-electron chi connectivity index (χ3n) is 3.56.